The first-order valence-electron chi connectivity index (χ1n) is 6.56. The minimum absolute atomic E-state index is 0.280. The molecule has 0 spiro atoms. The average molecular weight is 232 g/mol. The maximum Gasteiger partial charge on any atom is 0.127 e. The van der Waals surface area contributed by atoms with Gasteiger partial charge < -0.3 is 4.74 Å². The summed E-state index contributed by atoms with van der Waals surface area (Å²) in [7, 11) is 0. The van der Waals surface area contributed by atoms with E-state index in [1.807, 2.05) is 25.1 Å². The van der Waals surface area contributed by atoms with Crippen LogP contribution in [0.1, 0.15) is 52.0 Å². The largest absolute Gasteiger partial charge is 0.490 e. The molecular weight excluding hydrogens is 208 g/mol. The Hall–Kier alpha value is -1.24. The summed E-state index contributed by atoms with van der Waals surface area (Å²) in [5, 5.41) is 0. The van der Waals surface area contributed by atoms with Gasteiger partial charge in [-0.2, -0.15) is 0 Å². The Morgan fingerprint density at radius 2 is 2.00 bits per heavy atom. The third-order valence-electron chi connectivity index (χ3n) is 2.89. The highest BCUT2D eigenvalue weighted by Crippen LogP contribution is 2.26. The van der Waals surface area contributed by atoms with Gasteiger partial charge in [0.15, 0.2) is 0 Å². The minimum Gasteiger partial charge on any atom is -0.490 e. The van der Waals surface area contributed by atoms with Gasteiger partial charge in [0.2, 0.25) is 0 Å². The highest BCUT2D eigenvalue weighted by Gasteiger charge is 2.08. The van der Waals surface area contributed by atoms with Crippen molar-refractivity contribution < 1.29 is 4.74 Å². The monoisotopic (exact) mass is 232 g/mol. The van der Waals surface area contributed by atoms with Crippen LogP contribution in [-0.2, 0) is 0 Å². The molecule has 1 aromatic carbocycles. The Bertz CT molecular complexity index is 354. The maximum atomic E-state index is 5.99. The molecule has 0 heterocycles. The van der Waals surface area contributed by atoms with Crippen molar-refractivity contribution in [3.05, 3.63) is 36.4 Å². The van der Waals surface area contributed by atoms with E-state index in [4.69, 9.17) is 4.74 Å². The molecule has 0 aliphatic heterocycles. The lowest BCUT2D eigenvalue weighted by molar-refractivity contribution is 0.206. The lowest BCUT2D eigenvalue weighted by Crippen LogP contribution is -2.12. The van der Waals surface area contributed by atoms with E-state index < -0.39 is 0 Å². The summed E-state index contributed by atoms with van der Waals surface area (Å²) >= 11 is 0. The Morgan fingerprint density at radius 1 is 1.29 bits per heavy atom. The molecule has 0 N–H and O–H groups in total. The summed E-state index contributed by atoms with van der Waals surface area (Å²) in [5.74, 6) is 0.962. The summed E-state index contributed by atoms with van der Waals surface area (Å²) in [4.78, 5) is 0. The van der Waals surface area contributed by atoms with Gasteiger partial charge in [-0.3, -0.25) is 0 Å². The fraction of sp³-hybridized carbons (Fsp3) is 0.500. The number of para-hydroxylation sites is 1. The SMILES string of the molecule is C=C(C)c1ccccc1OC(C)CCCCC. The van der Waals surface area contributed by atoms with Gasteiger partial charge in [0.05, 0.1) is 6.10 Å². The van der Waals surface area contributed by atoms with Crippen molar-refractivity contribution in [1.29, 1.82) is 0 Å². The van der Waals surface area contributed by atoms with Gasteiger partial charge in [0, 0.05) is 5.56 Å². The first kappa shape index (κ1) is 13.8. The summed E-state index contributed by atoms with van der Waals surface area (Å²) < 4.78 is 5.99. The number of allylic oxidation sites excluding steroid dienone is 1. The number of hydrogen-bond donors (Lipinski definition) is 0. The van der Waals surface area contributed by atoms with Gasteiger partial charge in [-0.25, -0.2) is 0 Å². The van der Waals surface area contributed by atoms with Gasteiger partial charge >= 0.3 is 0 Å². The Kier molecular flexibility index (Phi) is 5.82. The highest BCUT2D eigenvalue weighted by atomic mass is 16.5. The fourth-order valence-corrected chi connectivity index (χ4v) is 1.88. The molecule has 1 rings (SSSR count). The van der Waals surface area contributed by atoms with E-state index >= 15 is 0 Å². The van der Waals surface area contributed by atoms with E-state index in [1.54, 1.807) is 0 Å². The van der Waals surface area contributed by atoms with Crippen molar-refractivity contribution in [3.63, 3.8) is 0 Å². The van der Waals surface area contributed by atoms with Crippen LogP contribution in [0.5, 0.6) is 5.75 Å². The molecule has 1 unspecified atom stereocenters. The molecule has 0 radical (unpaired) electrons. The predicted octanol–water partition coefficient (Wildman–Crippen LogP) is 5.07. The van der Waals surface area contributed by atoms with Crippen LogP contribution in [0.15, 0.2) is 30.8 Å². The number of unbranched alkanes of at least 4 members (excludes halogenated alkanes) is 2. The first-order chi connectivity index (χ1) is 8.15. The molecular formula is C16H24O. The van der Waals surface area contributed by atoms with E-state index in [2.05, 4.69) is 26.5 Å². The van der Waals surface area contributed by atoms with E-state index in [1.165, 1.54) is 19.3 Å². The quantitative estimate of drug-likeness (QED) is 0.596. The molecule has 94 valence electrons. The summed E-state index contributed by atoms with van der Waals surface area (Å²) in [6, 6.07) is 8.13. The lowest BCUT2D eigenvalue weighted by atomic mass is 10.1. The van der Waals surface area contributed by atoms with Gasteiger partial charge in [0.1, 0.15) is 5.75 Å². The van der Waals surface area contributed by atoms with Crippen LogP contribution in [0.3, 0.4) is 0 Å². The van der Waals surface area contributed by atoms with Crippen molar-refractivity contribution in [2.45, 2.75) is 52.6 Å². The molecule has 1 heteroatoms. The van der Waals surface area contributed by atoms with E-state index in [0.717, 1.165) is 23.3 Å². The first-order valence-corrected chi connectivity index (χ1v) is 6.56. The lowest BCUT2D eigenvalue weighted by Gasteiger charge is -2.17. The number of rotatable bonds is 7. The number of benzene rings is 1. The van der Waals surface area contributed by atoms with E-state index in [9.17, 15) is 0 Å². The van der Waals surface area contributed by atoms with Crippen LogP contribution >= 0.6 is 0 Å². The molecule has 0 amide bonds. The van der Waals surface area contributed by atoms with E-state index in [0.29, 0.717) is 0 Å². The molecule has 1 aromatic rings. The Morgan fingerprint density at radius 3 is 2.65 bits per heavy atom. The maximum absolute atomic E-state index is 5.99. The second kappa shape index (κ2) is 7.16. The second-order valence-corrected chi connectivity index (χ2v) is 4.70. The van der Waals surface area contributed by atoms with Gasteiger partial charge in [0.25, 0.3) is 0 Å². The zero-order chi connectivity index (χ0) is 12.7. The molecule has 0 aliphatic rings. The summed E-state index contributed by atoms with van der Waals surface area (Å²) in [6.07, 6.45) is 5.19. The Balaban J connectivity index is 2.58. The highest BCUT2D eigenvalue weighted by molar-refractivity contribution is 5.66. The van der Waals surface area contributed by atoms with E-state index in [-0.39, 0.29) is 6.10 Å². The van der Waals surface area contributed by atoms with Crippen molar-refractivity contribution in [1.82, 2.24) is 0 Å². The standard InChI is InChI=1S/C16H24O/c1-5-6-7-10-14(4)17-16-12-9-8-11-15(16)13(2)3/h8-9,11-12,14H,2,5-7,10H2,1,3-4H3. The minimum atomic E-state index is 0.280. The Labute approximate surface area is 106 Å². The number of hydrogen-bond acceptors (Lipinski definition) is 1. The van der Waals surface area contributed by atoms with Gasteiger partial charge in [-0.15, -0.1) is 0 Å². The van der Waals surface area contributed by atoms with Crippen LogP contribution in [-0.4, -0.2) is 6.10 Å². The summed E-state index contributed by atoms with van der Waals surface area (Å²) in [5.41, 5.74) is 2.18. The van der Waals surface area contributed by atoms with Crippen LogP contribution in [0.4, 0.5) is 0 Å². The van der Waals surface area contributed by atoms with Gasteiger partial charge in [-0.05, 0) is 38.3 Å². The fourth-order valence-electron chi connectivity index (χ4n) is 1.88. The predicted molar refractivity (Wildman–Crippen MR) is 75.4 cm³/mol. The molecule has 0 fully saturated rings. The topological polar surface area (TPSA) is 9.23 Å². The molecule has 17 heavy (non-hydrogen) atoms. The smallest absolute Gasteiger partial charge is 0.127 e. The molecule has 1 atom stereocenters. The van der Waals surface area contributed by atoms with Gasteiger partial charge in [-0.1, -0.05) is 44.5 Å². The molecule has 1 nitrogen and oxygen atoms in total. The third kappa shape index (κ3) is 4.64. The van der Waals surface area contributed by atoms with Crippen LogP contribution in [0, 0.1) is 0 Å². The molecule has 0 aromatic heterocycles. The molecule has 0 bridgehead atoms. The van der Waals surface area contributed by atoms with Crippen LogP contribution in [0.25, 0.3) is 5.57 Å². The molecule has 0 aliphatic carbocycles. The third-order valence-corrected chi connectivity index (χ3v) is 2.89. The van der Waals surface area contributed by atoms with Crippen molar-refractivity contribution in [2.24, 2.45) is 0 Å². The van der Waals surface area contributed by atoms with Crippen LogP contribution < -0.4 is 4.74 Å². The average Bonchev–Trinajstić information content (AvgIpc) is 2.29. The second-order valence-electron chi connectivity index (χ2n) is 4.70. The zero-order valence-corrected chi connectivity index (χ0v) is 11.3. The van der Waals surface area contributed by atoms with Crippen molar-refractivity contribution >= 4 is 5.57 Å². The van der Waals surface area contributed by atoms with Crippen LogP contribution in [0.2, 0.25) is 0 Å². The zero-order valence-electron chi connectivity index (χ0n) is 11.3. The van der Waals surface area contributed by atoms with Crippen molar-refractivity contribution in [3.8, 4) is 5.75 Å². The molecule has 0 saturated heterocycles. The summed E-state index contributed by atoms with van der Waals surface area (Å²) in [6.45, 7) is 10.4. The number of ether oxygens (including phenoxy) is 1. The van der Waals surface area contributed by atoms with Crippen molar-refractivity contribution in [2.75, 3.05) is 0 Å². The molecule has 0 saturated carbocycles. The normalized spacial score (nSPS) is 12.2.